The molecule has 3 aromatic rings. The van der Waals surface area contributed by atoms with E-state index in [4.69, 9.17) is 17.2 Å². The van der Waals surface area contributed by atoms with Crippen LogP contribution in [0.2, 0.25) is 0 Å². The molecule has 226 valence electrons. The third-order valence-electron chi connectivity index (χ3n) is 6.17. The molecule has 0 aliphatic rings. The number of rotatable bonds is 16. The second-order valence-corrected chi connectivity index (χ2v) is 11.9. The first-order valence-electron chi connectivity index (χ1n) is 13.2. The normalized spacial score (nSPS) is 12.6. The number of nitrogens with two attached hydrogens (primary N) is 3. The number of hydrogen-bond donors (Lipinski definition) is 6. The average Bonchev–Trinajstić information content (AvgIpc) is 3.48. The van der Waals surface area contributed by atoms with Crippen molar-refractivity contribution in [2.75, 3.05) is 36.2 Å². The van der Waals surface area contributed by atoms with Gasteiger partial charge < -0.3 is 32.7 Å². The number of carbonyl (C=O) groups is 3. The molecule has 0 fully saturated rings. The first kappa shape index (κ1) is 32.6. The van der Waals surface area contributed by atoms with Crippen molar-refractivity contribution in [3.63, 3.8) is 0 Å². The van der Waals surface area contributed by atoms with Gasteiger partial charge in [0, 0.05) is 43.4 Å². The van der Waals surface area contributed by atoms with Crippen LogP contribution < -0.4 is 32.6 Å². The summed E-state index contributed by atoms with van der Waals surface area (Å²) in [7, 11) is -3.86. The van der Waals surface area contributed by atoms with E-state index < -0.39 is 33.9 Å². The zero-order valence-corrected chi connectivity index (χ0v) is 24.6. The first-order chi connectivity index (χ1) is 20.1. The number of nitrogens with one attached hydrogen (secondary N) is 3. The molecular weight excluding hydrogens is 580 g/mol. The maximum atomic E-state index is 13.3. The lowest BCUT2D eigenvalue weighted by molar-refractivity contribution is -0.134. The monoisotopic (exact) mass is 616 g/mol. The van der Waals surface area contributed by atoms with E-state index >= 15 is 0 Å². The molecule has 0 aliphatic carbocycles. The van der Waals surface area contributed by atoms with Crippen molar-refractivity contribution in [1.29, 1.82) is 0 Å². The number of benzene rings is 2. The van der Waals surface area contributed by atoms with Crippen LogP contribution in [0.25, 0.3) is 0 Å². The summed E-state index contributed by atoms with van der Waals surface area (Å²) < 4.78 is 27.6. The van der Waals surface area contributed by atoms with E-state index in [-0.39, 0.29) is 55.0 Å². The van der Waals surface area contributed by atoms with Gasteiger partial charge in [0.2, 0.25) is 17.7 Å². The van der Waals surface area contributed by atoms with Crippen LogP contribution in [0.5, 0.6) is 0 Å². The van der Waals surface area contributed by atoms with E-state index in [0.29, 0.717) is 12.1 Å². The highest BCUT2D eigenvalue weighted by Gasteiger charge is 2.27. The zero-order chi connectivity index (χ0) is 30.5. The van der Waals surface area contributed by atoms with E-state index in [1.807, 2.05) is 30.3 Å². The maximum Gasteiger partial charge on any atom is 0.263 e. The van der Waals surface area contributed by atoms with E-state index in [2.05, 4.69) is 20.3 Å². The molecule has 13 nitrogen and oxygen atoms in total. The van der Waals surface area contributed by atoms with Gasteiger partial charge in [-0.15, -0.1) is 11.3 Å². The number of aryl methyl sites for hydroxylation is 1. The molecule has 0 spiro atoms. The van der Waals surface area contributed by atoms with Crippen molar-refractivity contribution in [1.82, 2.24) is 15.2 Å². The Bertz CT molecular complexity index is 1400. The minimum absolute atomic E-state index is 0.0152. The van der Waals surface area contributed by atoms with E-state index in [0.717, 1.165) is 16.9 Å². The van der Waals surface area contributed by atoms with Crippen LogP contribution in [-0.2, 0) is 30.8 Å². The lowest BCUT2D eigenvalue weighted by atomic mass is 10.0. The second kappa shape index (κ2) is 15.9. The highest BCUT2D eigenvalue weighted by atomic mass is 32.2. The van der Waals surface area contributed by atoms with Crippen LogP contribution in [0.15, 0.2) is 71.1 Å². The van der Waals surface area contributed by atoms with Crippen molar-refractivity contribution >= 4 is 49.9 Å². The number of nitrogens with zero attached hydrogens (tertiary/aromatic N) is 2. The Balaban J connectivity index is 1.68. The molecular formula is C27H36N8O5S2. The van der Waals surface area contributed by atoms with Gasteiger partial charge in [0.1, 0.15) is 6.04 Å². The Hall–Kier alpha value is -3.89. The highest BCUT2D eigenvalue weighted by Crippen LogP contribution is 2.20. The molecule has 3 amide bonds. The lowest BCUT2D eigenvalue weighted by Crippen LogP contribution is -2.52. The van der Waals surface area contributed by atoms with Gasteiger partial charge in [-0.1, -0.05) is 30.3 Å². The van der Waals surface area contributed by atoms with Crippen LogP contribution in [0.3, 0.4) is 0 Å². The Morgan fingerprint density at radius 1 is 0.952 bits per heavy atom. The molecule has 2 aromatic carbocycles. The van der Waals surface area contributed by atoms with Gasteiger partial charge >= 0.3 is 0 Å². The minimum Gasteiger partial charge on any atom is -0.343 e. The quantitative estimate of drug-likeness (QED) is 0.132. The SMILES string of the molecule is NCCN(CCN)C(=O)C[C@H](N)C(=O)N[C@@H](CCc1ccccc1)C(=O)Nc1ccc(S(=O)(=O)Nc2nccs2)cc1. The largest absolute Gasteiger partial charge is 0.343 e. The van der Waals surface area contributed by atoms with Crippen molar-refractivity contribution in [2.45, 2.75) is 36.2 Å². The fourth-order valence-electron chi connectivity index (χ4n) is 3.98. The van der Waals surface area contributed by atoms with E-state index in [9.17, 15) is 22.8 Å². The second-order valence-electron chi connectivity index (χ2n) is 9.31. The standard InChI is InChI=1S/C27H36N8O5S2/c28-12-15-35(16-13-29)24(36)18-22(30)25(37)33-23(11-6-19-4-2-1-3-5-19)26(38)32-20-7-9-21(10-8-20)42(39,40)34-27-31-14-17-41-27/h1-5,7-10,14,17,22-23H,6,11-13,15-16,18,28-30H2,(H,31,34)(H,32,38)(H,33,37)/t22-,23-/m0/s1. The van der Waals surface area contributed by atoms with Gasteiger partial charge in [0.25, 0.3) is 10.0 Å². The number of aromatic nitrogens is 1. The van der Waals surface area contributed by atoms with Crippen molar-refractivity contribution in [3.05, 3.63) is 71.7 Å². The molecule has 0 radical (unpaired) electrons. The molecule has 3 rings (SSSR count). The summed E-state index contributed by atoms with van der Waals surface area (Å²) in [5.41, 5.74) is 18.5. The summed E-state index contributed by atoms with van der Waals surface area (Å²) in [6.07, 6.45) is 1.94. The molecule has 1 heterocycles. The Morgan fingerprint density at radius 2 is 1.62 bits per heavy atom. The van der Waals surface area contributed by atoms with Gasteiger partial charge in [-0.3, -0.25) is 19.1 Å². The third-order valence-corrected chi connectivity index (χ3v) is 8.34. The summed E-state index contributed by atoms with van der Waals surface area (Å²) in [6.45, 7) is 1.05. The van der Waals surface area contributed by atoms with Gasteiger partial charge in [0.05, 0.1) is 17.4 Å². The molecule has 0 unspecified atom stereocenters. The lowest BCUT2D eigenvalue weighted by Gasteiger charge is -2.24. The fraction of sp³-hybridized carbons (Fsp3) is 0.333. The maximum absolute atomic E-state index is 13.3. The van der Waals surface area contributed by atoms with Crippen molar-refractivity contribution < 1.29 is 22.8 Å². The molecule has 0 saturated heterocycles. The number of sulfonamides is 1. The summed E-state index contributed by atoms with van der Waals surface area (Å²) in [5.74, 6) is -1.55. The molecule has 42 heavy (non-hydrogen) atoms. The number of thiazole rings is 1. The number of carbonyl (C=O) groups excluding carboxylic acids is 3. The smallest absolute Gasteiger partial charge is 0.263 e. The Kier molecular flexibility index (Phi) is 12.4. The molecule has 9 N–H and O–H groups in total. The third kappa shape index (κ3) is 9.88. The van der Waals surface area contributed by atoms with Gasteiger partial charge in [-0.05, 0) is 42.7 Å². The van der Waals surface area contributed by atoms with Crippen LogP contribution in [0, 0.1) is 0 Å². The highest BCUT2D eigenvalue weighted by molar-refractivity contribution is 7.93. The Labute approximate surface area is 248 Å². The Morgan fingerprint density at radius 3 is 2.21 bits per heavy atom. The van der Waals surface area contributed by atoms with E-state index in [1.54, 1.807) is 5.38 Å². The van der Waals surface area contributed by atoms with Crippen molar-refractivity contribution in [3.8, 4) is 0 Å². The van der Waals surface area contributed by atoms with Gasteiger partial charge in [0.15, 0.2) is 5.13 Å². The molecule has 15 heteroatoms. The number of amides is 3. The minimum atomic E-state index is -3.86. The topological polar surface area (TPSA) is 216 Å². The molecule has 0 saturated carbocycles. The summed E-state index contributed by atoms with van der Waals surface area (Å²) in [5, 5.41) is 7.26. The first-order valence-corrected chi connectivity index (χ1v) is 15.6. The van der Waals surface area contributed by atoms with Crippen LogP contribution >= 0.6 is 11.3 Å². The summed E-state index contributed by atoms with van der Waals surface area (Å²) in [6, 6.07) is 12.8. The summed E-state index contributed by atoms with van der Waals surface area (Å²) >= 11 is 1.14. The number of hydrogen-bond acceptors (Lipinski definition) is 10. The molecule has 0 aliphatic heterocycles. The van der Waals surface area contributed by atoms with Crippen LogP contribution in [0.4, 0.5) is 10.8 Å². The average molecular weight is 617 g/mol. The van der Waals surface area contributed by atoms with Gasteiger partial charge in [-0.2, -0.15) is 0 Å². The van der Waals surface area contributed by atoms with Crippen LogP contribution in [-0.4, -0.2) is 74.3 Å². The summed E-state index contributed by atoms with van der Waals surface area (Å²) in [4.78, 5) is 44.2. The van der Waals surface area contributed by atoms with Crippen LogP contribution in [0.1, 0.15) is 18.4 Å². The van der Waals surface area contributed by atoms with E-state index in [1.165, 1.54) is 35.4 Å². The molecule has 2 atom stereocenters. The predicted molar refractivity (Wildman–Crippen MR) is 162 cm³/mol. The predicted octanol–water partition coefficient (Wildman–Crippen LogP) is 0.463. The molecule has 0 bridgehead atoms. The van der Waals surface area contributed by atoms with Gasteiger partial charge in [-0.25, -0.2) is 13.4 Å². The van der Waals surface area contributed by atoms with Crippen molar-refractivity contribution in [2.24, 2.45) is 17.2 Å². The molecule has 1 aromatic heterocycles. The fourth-order valence-corrected chi connectivity index (χ4v) is 5.77. The zero-order valence-electron chi connectivity index (χ0n) is 22.9. The number of anilines is 2.